The third-order valence-electron chi connectivity index (χ3n) is 2.43. The Balaban J connectivity index is 1.80. The van der Waals surface area contributed by atoms with Crippen LogP contribution in [0.2, 0.25) is 0 Å². The van der Waals surface area contributed by atoms with Crippen LogP contribution in [0.25, 0.3) is 0 Å². The monoisotopic (exact) mass is 235 g/mol. The summed E-state index contributed by atoms with van der Waals surface area (Å²) in [5.41, 5.74) is 0.561. The fourth-order valence-electron chi connectivity index (χ4n) is 1.55. The van der Waals surface area contributed by atoms with Crippen LogP contribution in [0.4, 0.5) is 4.39 Å². The molecule has 1 aromatic heterocycles. The average molecular weight is 235 g/mol. The molecule has 1 heterocycles. The molecule has 0 atom stereocenters. The zero-order valence-electron chi connectivity index (χ0n) is 9.31. The van der Waals surface area contributed by atoms with Gasteiger partial charge < -0.3 is 10.4 Å². The Morgan fingerprint density at radius 3 is 3.06 bits per heavy atom. The number of phenols is 1. The second-order valence-corrected chi connectivity index (χ2v) is 3.72. The predicted molar refractivity (Wildman–Crippen MR) is 62.0 cm³/mol. The molecule has 0 saturated carbocycles. The van der Waals surface area contributed by atoms with Crippen molar-refractivity contribution in [2.24, 2.45) is 0 Å². The SMILES string of the molecule is Oc1ccc(F)cc1CNCCn1cccn1. The lowest BCUT2D eigenvalue weighted by Crippen LogP contribution is -2.19. The first-order chi connectivity index (χ1) is 8.25. The lowest BCUT2D eigenvalue weighted by atomic mass is 10.2. The number of aromatic hydroxyl groups is 1. The van der Waals surface area contributed by atoms with E-state index in [1.54, 1.807) is 10.9 Å². The van der Waals surface area contributed by atoms with Gasteiger partial charge in [0.15, 0.2) is 0 Å². The normalized spacial score (nSPS) is 10.6. The molecule has 2 N–H and O–H groups in total. The molecule has 0 aliphatic carbocycles. The molecule has 2 rings (SSSR count). The number of benzene rings is 1. The molecule has 0 spiro atoms. The van der Waals surface area contributed by atoms with E-state index in [9.17, 15) is 9.50 Å². The van der Waals surface area contributed by atoms with Crippen molar-refractivity contribution < 1.29 is 9.50 Å². The Labute approximate surface area is 98.7 Å². The van der Waals surface area contributed by atoms with Crippen LogP contribution in [0.15, 0.2) is 36.7 Å². The van der Waals surface area contributed by atoms with Crippen molar-refractivity contribution in [1.82, 2.24) is 15.1 Å². The first-order valence-electron chi connectivity index (χ1n) is 5.41. The minimum atomic E-state index is -0.341. The van der Waals surface area contributed by atoms with E-state index in [-0.39, 0.29) is 11.6 Å². The summed E-state index contributed by atoms with van der Waals surface area (Å²) in [5, 5.41) is 16.7. The molecule has 0 amide bonds. The minimum absolute atomic E-state index is 0.109. The second-order valence-electron chi connectivity index (χ2n) is 3.72. The third-order valence-corrected chi connectivity index (χ3v) is 2.43. The van der Waals surface area contributed by atoms with Gasteiger partial charge in [-0.2, -0.15) is 5.10 Å². The maximum absolute atomic E-state index is 12.9. The number of rotatable bonds is 5. The highest BCUT2D eigenvalue weighted by Gasteiger charge is 2.02. The van der Waals surface area contributed by atoms with Crippen LogP contribution in [0, 0.1) is 5.82 Å². The first kappa shape index (κ1) is 11.6. The van der Waals surface area contributed by atoms with E-state index >= 15 is 0 Å². The van der Waals surface area contributed by atoms with Gasteiger partial charge in [-0.3, -0.25) is 4.68 Å². The highest BCUT2D eigenvalue weighted by atomic mass is 19.1. The highest BCUT2D eigenvalue weighted by Crippen LogP contribution is 2.17. The maximum Gasteiger partial charge on any atom is 0.123 e. The van der Waals surface area contributed by atoms with Crippen molar-refractivity contribution in [2.75, 3.05) is 6.54 Å². The van der Waals surface area contributed by atoms with Gasteiger partial charge in [0.05, 0.1) is 6.54 Å². The summed E-state index contributed by atoms with van der Waals surface area (Å²) in [6, 6.07) is 5.79. The molecule has 0 saturated heterocycles. The molecule has 0 radical (unpaired) electrons. The number of nitrogens with zero attached hydrogens (tertiary/aromatic N) is 2. The molecule has 1 aromatic carbocycles. The molecule has 0 aliphatic rings. The van der Waals surface area contributed by atoms with Gasteiger partial charge in [0.1, 0.15) is 11.6 Å². The molecule has 0 fully saturated rings. The smallest absolute Gasteiger partial charge is 0.123 e. The zero-order valence-corrected chi connectivity index (χ0v) is 9.31. The number of halogens is 1. The van der Waals surface area contributed by atoms with Gasteiger partial charge >= 0.3 is 0 Å². The van der Waals surface area contributed by atoms with Crippen molar-refractivity contribution in [2.45, 2.75) is 13.1 Å². The van der Waals surface area contributed by atoms with Crippen molar-refractivity contribution in [1.29, 1.82) is 0 Å². The zero-order chi connectivity index (χ0) is 12.1. The van der Waals surface area contributed by atoms with Gasteiger partial charge in [-0.15, -0.1) is 0 Å². The van der Waals surface area contributed by atoms with E-state index in [2.05, 4.69) is 10.4 Å². The number of nitrogens with one attached hydrogen (secondary N) is 1. The van der Waals surface area contributed by atoms with Gasteiger partial charge in [0.2, 0.25) is 0 Å². The van der Waals surface area contributed by atoms with E-state index in [0.717, 1.165) is 6.54 Å². The van der Waals surface area contributed by atoms with Crippen LogP contribution >= 0.6 is 0 Å². The minimum Gasteiger partial charge on any atom is -0.508 e. The standard InChI is InChI=1S/C12H14FN3O/c13-11-2-3-12(17)10(8-11)9-14-5-7-16-6-1-4-15-16/h1-4,6,8,14,17H,5,7,9H2. The summed E-state index contributed by atoms with van der Waals surface area (Å²) >= 11 is 0. The molecule has 17 heavy (non-hydrogen) atoms. The van der Waals surface area contributed by atoms with Gasteiger partial charge in [-0.1, -0.05) is 0 Å². The largest absolute Gasteiger partial charge is 0.508 e. The topological polar surface area (TPSA) is 50.1 Å². The summed E-state index contributed by atoms with van der Waals surface area (Å²) in [6.07, 6.45) is 3.60. The van der Waals surface area contributed by atoms with Gasteiger partial charge in [-0.05, 0) is 24.3 Å². The molecule has 0 aliphatic heterocycles. The molecular formula is C12H14FN3O. The number of hydrogen-bond donors (Lipinski definition) is 2. The Morgan fingerprint density at radius 2 is 2.29 bits per heavy atom. The fraction of sp³-hybridized carbons (Fsp3) is 0.250. The number of aromatic nitrogens is 2. The Morgan fingerprint density at radius 1 is 1.41 bits per heavy atom. The van der Waals surface area contributed by atoms with Crippen molar-refractivity contribution in [3.8, 4) is 5.75 Å². The summed E-state index contributed by atoms with van der Waals surface area (Å²) in [7, 11) is 0. The first-order valence-corrected chi connectivity index (χ1v) is 5.41. The molecule has 5 heteroatoms. The van der Waals surface area contributed by atoms with E-state index in [1.165, 1.54) is 18.2 Å². The molecular weight excluding hydrogens is 221 g/mol. The van der Waals surface area contributed by atoms with Gasteiger partial charge in [-0.25, -0.2) is 4.39 Å². The third kappa shape index (κ3) is 3.29. The van der Waals surface area contributed by atoms with Crippen LogP contribution in [0.1, 0.15) is 5.56 Å². The quantitative estimate of drug-likeness (QED) is 0.772. The van der Waals surface area contributed by atoms with Crippen LogP contribution in [0.5, 0.6) is 5.75 Å². The Hall–Kier alpha value is -1.88. The summed E-state index contributed by atoms with van der Waals surface area (Å²) in [4.78, 5) is 0. The number of phenolic OH excluding ortho intramolecular Hbond substituents is 1. The highest BCUT2D eigenvalue weighted by molar-refractivity contribution is 5.32. The number of hydrogen-bond acceptors (Lipinski definition) is 3. The Bertz CT molecular complexity index is 471. The summed E-state index contributed by atoms with van der Waals surface area (Å²) in [6.45, 7) is 1.88. The fourth-order valence-corrected chi connectivity index (χ4v) is 1.55. The lowest BCUT2D eigenvalue weighted by Gasteiger charge is -2.07. The van der Waals surface area contributed by atoms with Crippen LogP contribution in [-0.4, -0.2) is 21.4 Å². The molecule has 90 valence electrons. The van der Waals surface area contributed by atoms with E-state index in [0.29, 0.717) is 18.7 Å². The van der Waals surface area contributed by atoms with Gasteiger partial charge in [0.25, 0.3) is 0 Å². The van der Waals surface area contributed by atoms with Crippen LogP contribution in [0.3, 0.4) is 0 Å². The maximum atomic E-state index is 12.9. The van der Waals surface area contributed by atoms with E-state index in [1.807, 2.05) is 12.3 Å². The van der Waals surface area contributed by atoms with Crippen LogP contribution < -0.4 is 5.32 Å². The van der Waals surface area contributed by atoms with Gasteiger partial charge in [0, 0.05) is 31.0 Å². The van der Waals surface area contributed by atoms with Crippen molar-refractivity contribution >= 4 is 0 Å². The van der Waals surface area contributed by atoms with Crippen LogP contribution in [-0.2, 0) is 13.1 Å². The average Bonchev–Trinajstić information content (AvgIpc) is 2.82. The van der Waals surface area contributed by atoms with Crippen molar-refractivity contribution in [3.05, 3.63) is 48.0 Å². The molecule has 4 nitrogen and oxygen atoms in total. The predicted octanol–water partition coefficient (Wildman–Crippen LogP) is 1.52. The molecule has 0 bridgehead atoms. The lowest BCUT2D eigenvalue weighted by molar-refractivity contribution is 0.459. The summed E-state index contributed by atoms with van der Waals surface area (Å²) in [5.74, 6) is -0.232. The second kappa shape index (κ2) is 5.45. The van der Waals surface area contributed by atoms with E-state index in [4.69, 9.17) is 0 Å². The molecule has 2 aromatic rings. The van der Waals surface area contributed by atoms with Crippen molar-refractivity contribution in [3.63, 3.8) is 0 Å². The van der Waals surface area contributed by atoms with E-state index < -0.39 is 0 Å². The summed E-state index contributed by atoms with van der Waals surface area (Å²) < 4.78 is 14.7. The molecule has 0 unspecified atom stereocenters. The Kier molecular flexibility index (Phi) is 3.72.